The molecule has 0 aliphatic carbocycles. The highest BCUT2D eigenvalue weighted by atomic mass is 35.5. The maximum atomic E-state index is 10.5. The van der Waals surface area contributed by atoms with E-state index in [1.54, 1.807) is 16.9 Å². The van der Waals surface area contributed by atoms with E-state index in [4.69, 9.17) is 11.6 Å². The Morgan fingerprint density at radius 1 is 1.28 bits per heavy atom. The van der Waals surface area contributed by atoms with Crippen LogP contribution in [0.15, 0.2) is 36.7 Å². The van der Waals surface area contributed by atoms with E-state index in [1.165, 1.54) is 0 Å². The molecule has 0 amide bonds. The van der Waals surface area contributed by atoms with Gasteiger partial charge in [0.05, 0.1) is 28.1 Å². The van der Waals surface area contributed by atoms with Gasteiger partial charge >= 0.3 is 0 Å². The van der Waals surface area contributed by atoms with Crippen molar-refractivity contribution in [3.63, 3.8) is 0 Å². The molecule has 3 aromatic heterocycles. The van der Waals surface area contributed by atoms with Crippen molar-refractivity contribution in [3.05, 3.63) is 41.7 Å². The lowest BCUT2D eigenvalue weighted by Gasteiger charge is -2.34. The lowest BCUT2D eigenvalue weighted by atomic mass is 10.1. The van der Waals surface area contributed by atoms with Gasteiger partial charge in [-0.3, -0.25) is 4.68 Å². The van der Waals surface area contributed by atoms with Gasteiger partial charge in [0.25, 0.3) is 0 Å². The number of rotatable bonds is 2. The molecule has 1 aliphatic heterocycles. The van der Waals surface area contributed by atoms with Gasteiger partial charge in [0.1, 0.15) is 5.75 Å². The molecule has 2 N–H and O–H groups in total. The third-order valence-corrected chi connectivity index (χ3v) is 5.76. The van der Waals surface area contributed by atoms with E-state index in [1.807, 2.05) is 31.4 Å². The minimum absolute atomic E-state index is 0.139. The summed E-state index contributed by atoms with van der Waals surface area (Å²) in [7, 11) is 1.85. The molecule has 7 nitrogen and oxygen atoms in total. The maximum absolute atomic E-state index is 10.5. The number of piperazine rings is 1. The number of pyridine rings is 2. The van der Waals surface area contributed by atoms with Crippen LogP contribution < -0.4 is 10.2 Å². The fraction of sp³-hybridized carbons (Fsp3) is 0.286. The number of anilines is 1. The first kappa shape index (κ1) is 18.1. The zero-order valence-corrected chi connectivity index (χ0v) is 17.0. The van der Waals surface area contributed by atoms with E-state index < -0.39 is 0 Å². The average Bonchev–Trinajstić information content (AvgIpc) is 3.06. The van der Waals surface area contributed by atoms with Crippen molar-refractivity contribution in [1.82, 2.24) is 25.1 Å². The molecule has 1 saturated heterocycles. The zero-order valence-electron chi connectivity index (χ0n) is 16.2. The average molecular weight is 409 g/mol. The molecule has 1 unspecified atom stereocenters. The number of halogens is 1. The third kappa shape index (κ3) is 3.16. The van der Waals surface area contributed by atoms with Gasteiger partial charge in [-0.1, -0.05) is 11.6 Å². The Kier molecular flexibility index (Phi) is 4.29. The highest BCUT2D eigenvalue weighted by Crippen LogP contribution is 2.36. The van der Waals surface area contributed by atoms with Crippen molar-refractivity contribution in [2.75, 3.05) is 24.5 Å². The van der Waals surface area contributed by atoms with Crippen LogP contribution in [0.2, 0.25) is 5.02 Å². The quantitative estimate of drug-likeness (QED) is 0.529. The molecule has 5 rings (SSSR count). The summed E-state index contributed by atoms with van der Waals surface area (Å²) in [6.07, 6.45) is 3.71. The van der Waals surface area contributed by atoms with Crippen LogP contribution >= 0.6 is 11.6 Å². The van der Waals surface area contributed by atoms with Crippen LogP contribution in [0.3, 0.4) is 0 Å². The number of nitrogens with zero attached hydrogens (tertiary/aromatic N) is 5. The molecule has 0 radical (unpaired) electrons. The first-order valence-corrected chi connectivity index (χ1v) is 9.98. The van der Waals surface area contributed by atoms with Crippen molar-refractivity contribution >= 4 is 39.2 Å². The number of aromatic nitrogens is 4. The summed E-state index contributed by atoms with van der Waals surface area (Å²) >= 11 is 6.73. The van der Waals surface area contributed by atoms with Crippen LogP contribution in [0, 0.1) is 0 Å². The van der Waals surface area contributed by atoms with Crippen LogP contribution in [-0.2, 0) is 7.05 Å². The van der Waals surface area contributed by atoms with Crippen LogP contribution in [-0.4, -0.2) is 50.5 Å². The molecule has 8 heteroatoms. The van der Waals surface area contributed by atoms with Crippen LogP contribution in [0.1, 0.15) is 6.92 Å². The number of phenols is 1. The summed E-state index contributed by atoms with van der Waals surface area (Å²) in [6, 6.07) is 7.75. The van der Waals surface area contributed by atoms with E-state index in [9.17, 15) is 5.11 Å². The molecule has 1 atom stereocenters. The molecule has 0 spiro atoms. The molecular weight excluding hydrogens is 388 g/mol. The maximum Gasteiger partial charge on any atom is 0.161 e. The number of aryl methyl sites for hydroxylation is 1. The topological polar surface area (TPSA) is 79.1 Å². The first-order valence-electron chi connectivity index (χ1n) is 9.60. The van der Waals surface area contributed by atoms with E-state index in [0.29, 0.717) is 28.0 Å². The van der Waals surface area contributed by atoms with Crippen LogP contribution in [0.25, 0.3) is 33.2 Å². The largest absolute Gasteiger partial charge is 0.507 e. The monoisotopic (exact) mass is 408 g/mol. The number of aromatic hydroxyl groups is 1. The van der Waals surface area contributed by atoms with E-state index in [2.05, 4.69) is 32.2 Å². The second-order valence-corrected chi connectivity index (χ2v) is 7.94. The second-order valence-electron chi connectivity index (χ2n) is 7.56. The van der Waals surface area contributed by atoms with Gasteiger partial charge in [-0.15, -0.1) is 0 Å². The summed E-state index contributed by atoms with van der Waals surface area (Å²) in [5.74, 6) is 0.139. The Hall–Kier alpha value is -2.90. The summed E-state index contributed by atoms with van der Waals surface area (Å²) < 4.78 is 1.72. The summed E-state index contributed by atoms with van der Waals surface area (Å²) in [4.78, 5) is 11.5. The van der Waals surface area contributed by atoms with Crippen molar-refractivity contribution in [2.45, 2.75) is 13.0 Å². The van der Waals surface area contributed by atoms with Gasteiger partial charge in [-0.25, -0.2) is 9.97 Å². The van der Waals surface area contributed by atoms with Crippen LogP contribution in [0.5, 0.6) is 5.75 Å². The van der Waals surface area contributed by atoms with Gasteiger partial charge in [0.15, 0.2) is 5.65 Å². The molecule has 4 aromatic rings. The summed E-state index contributed by atoms with van der Waals surface area (Å²) in [5, 5.41) is 20.7. The molecule has 1 aliphatic rings. The Balaban J connectivity index is 1.57. The number of phenolic OH excluding ortho intramolecular Hbond substituents is 1. The molecule has 1 fully saturated rings. The van der Waals surface area contributed by atoms with Gasteiger partial charge in [-0.2, -0.15) is 5.10 Å². The molecule has 1 aromatic carbocycles. The van der Waals surface area contributed by atoms with Gasteiger partial charge in [0.2, 0.25) is 0 Å². The van der Waals surface area contributed by atoms with Crippen LogP contribution in [0.4, 0.5) is 5.69 Å². The van der Waals surface area contributed by atoms with Gasteiger partial charge in [-0.05, 0) is 25.1 Å². The first-order chi connectivity index (χ1) is 14.0. The lowest BCUT2D eigenvalue weighted by Crippen LogP contribution is -2.49. The minimum Gasteiger partial charge on any atom is -0.507 e. The highest BCUT2D eigenvalue weighted by Gasteiger charge is 2.20. The van der Waals surface area contributed by atoms with E-state index in [-0.39, 0.29) is 5.75 Å². The van der Waals surface area contributed by atoms with Gasteiger partial charge < -0.3 is 15.3 Å². The number of benzene rings is 1. The van der Waals surface area contributed by atoms with E-state index >= 15 is 0 Å². The van der Waals surface area contributed by atoms with Crippen molar-refractivity contribution in [3.8, 4) is 17.0 Å². The zero-order chi connectivity index (χ0) is 20.1. The fourth-order valence-corrected chi connectivity index (χ4v) is 4.26. The smallest absolute Gasteiger partial charge is 0.161 e. The molecular formula is C21H21ClN6O. The van der Waals surface area contributed by atoms with Crippen molar-refractivity contribution < 1.29 is 5.11 Å². The Morgan fingerprint density at radius 3 is 2.97 bits per heavy atom. The number of hydrogen-bond donors (Lipinski definition) is 2. The second kappa shape index (κ2) is 6.86. The molecule has 29 heavy (non-hydrogen) atoms. The predicted octanol–water partition coefficient (Wildman–Crippen LogP) is 3.34. The molecule has 4 heterocycles. The van der Waals surface area contributed by atoms with E-state index in [0.717, 1.165) is 41.6 Å². The fourth-order valence-electron chi connectivity index (χ4n) is 3.95. The highest BCUT2D eigenvalue weighted by molar-refractivity contribution is 6.37. The Labute approximate surface area is 172 Å². The van der Waals surface area contributed by atoms with Crippen molar-refractivity contribution in [2.24, 2.45) is 7.05 Å². The molecule has 0 bridgehead atoms. The Bertz CT molecular complexity index is 1240. The number of nitrogens with one attached hydrogen (secondary N) is 1. The number of hydrogen-bond acceptors (Lipinski definition) is 6. The molecule has 0 saturated carbocycles. The lowest BCUT2D eigenvalue weighted by molar-refractivity contribution is 0.478. The normalized spacial score (nSPS) is 17.3. The standard InChI is InChI=1S/C21H21ClN6O/c1-12-10-28(6-5-23-12)18-9-24-21-14(20(18)22)3-4-16(25-21)15-7-13-11-27(2)26-17(13)8-19(15)29/h3-4,7-9,11-12,23,29H,5-6,10H2,1-2H3. The Morgan fingerprint density at radius 2 is 2.14 bits per heavy atom. The van der Waals surface area contributed by atoms with Gasteiger partial charge in [0, 0.05) is 61.3 Å². The minimum atomic E-state index is 0.139. The summed E-state index contributed by atoms with van der Waals surface area (Å²) in [6.45, 7) is 4.86. The third-order valence-electron chi connectivity index (χ3n) is 5.37. The summed E-state index contributed by atoms with van der Waals surface area (Å²) in [5.41, 5.74) is 3.52. The number of fused-ring (bicyclic) bond motifs is 2. The SMILES string of the molecule is CC1CN(c2cnc3nc(-c4cc5cn(C)nc5cc4O)ccc3c2Cl)CCN1. The molecule has 148 valence electrons. The van der Waals surface area contributed by atoms with Crippen molar-refractivity contribution in [1.29, 1.82) is 0 Å². The predicted molar refractivity (Wildman–Crippen MR) is 116 cm³/mol.